The third kappa shape index (κ3) is 4.32. The van der Waals surface area contributed by atoms with Crippen molar-refractivity contribution in [1.29, 1.82) is 0 Å². The highest BCUT2D eigenvalue weighted by Crippen LogP contribution is 2.42. The summed E-state index contributed by atoms with van der Waals surface area (Å²) in [6, 6.07) is 10.3. The van der Waals surface area contributed by atoms with Crippen molar-refractivity contribution in [3.63, 3.8) is 0 Å². The number of nitrogens with one attached hydrogen (secondary N) is 1. The quantitative estimate of drug-likeness (QED) is 0.798. The zero-order valence-corrected chi connectivity index (χ0v) is 17.8. The summed E-state index contributed by atoms with van der Waals surface area (Å²) >= 11 is 0. The maximum absolute atomic E-state index is 14.8. The van der Waals surface area contributed by atoms with Crippen molar-refractivity contribution in [3.05, 3.63) is 65.2 Å². The molecule has 0 saturated carbocycles. The smallest absolute Gasteiger partial charge is 0.234 e. The van der Waals surface area contributed by atoms with Crippen LogP contribution in [0.1, 0.15) is 55.5 Å². The Kier molecular flexibility index (Phi) is 6.32. The van der Waals surface area contributed by atoms with Gasteiger partial charge in [0.1, 0.15) is 5.82 Å². The van der Waals surface area contributed by atoms with E-state index in [1.165, 1.54) is 13.0 Å². The van der Waals surface area contributed by atoms with E-state index in [1.54, 1.807) is 24.4 Å². The topological polar surface area (TPSA) is 71.5 Å². The molecule has 4 rings (SSSR count). The maximum Gasteiger partial charge on any atom is 0.234 e. The van der Waals surface area contributed by atoms with Crippen LogP contribution in [-0.4, -0.2) is 41.5 Å². The predicted molar refractivity (Wildman–Crippen MR) is 114 cm³/mol. The van der Waals surface area contributed by atoms with Crippen LogP contribution >= 0.6 is 0 Å². The summed E-state index contributed by atoms with van der Waals surface area (Å²) in [5, 5.41) is 2.76. The zero-order chi connectivity index (χ0) is 21.8. The van der Waals surface area contributed by atoms with Crippen LogP contribution in [0.25, 0.3) is 0 Å². The van der Waals surface area contributed by atoms with E-state index in [0.29, 0.717) is 44.7 Å². The number of benzene rings is 1. The molecule has 1 N–H and O–H groups in total. The highest BCUT2D eigenvalue weighted by molar-refractivity contribution is 5.89. The first-order chi connectivity index (χ1) is 15.0. The second kappa shape index (κ2) is 9.14. The molecular formula is C24H28FN3O3. The lowest BCUT2D eigenvalue weighted by Gasteiger charge is -2.40. The van der Waals surface area contributed by atoms with Crippen molar-refractivity contribution in [3.8, 4) is 0 Å². The normalized spacial score (nSPS) is 20.5. The molecule has 2 saturated heterocycles. The molecule has 2 aliphatic rings. The number of halogens is 1. The number of likely N-dealkylation sites (tertiary alicyclic amines) is 1. The Balaban J connectivity index is 1.60. The van der Waals surface area contributed by atoms with Gasteiger partial charge in [-0.1, -0.05) is 24.3 Å². The minimum Gasteiger partial charge on any atom is -0.381 e. The first kappa shape index (κ1) is 21.4. The zero-order valence-electron chi connectivity index (χ0n) is 17.8. The molecule has 0 spiro atoms. The van der Waals surface area contributed by atoms with Gasteiger partial charge in [-0.15, -0.1) is 0 Å². The van der Waals surface area contributed by atoms with E-state index in [2.05, 4.69) is 10.3 Å². The van der Waals surface area contributed by atoms with Crippen molar-refractivity contribution in [2.45, 2.75) is 50.6 Å². The van der Waals surface area contributed by atoms with Crippen molar-refractivity contribution in [1.82, 2.24) is 15.2 Å². The summed E-state index contributed by atoms with van der Waals surface area (Å²) in [4.78, 5) is 31.5. The number of aromatic nitrogens is 1. The van der Waals surface area contributed by atoms with Gasteiger partial charge in [-0.3, -0.25) is 14.6 Å². The molecule has 3 heterocycles. The largest absolute Gasteiger partial charge is 0.381 e. The number of rotatable bonds is 5. The molecule has 0 unspecified atom stereocenters. The van der Waals surface area contributed by atoms with Gasteiger partial charge < -0.3 is 15.0 Å². The second-order valence-electron chi connectivity index (χ2n) is 8.33. The highest BCUT2D eigenvalue weighted by atomic mass is 19.1. The molecule has 2 aromatic rings. The monoisotopic (exact) mass is 425 g/mol. The Morgan fingerprint density at radius 2 is 2.00 bits per heavy atom. The van der Waals surface area contributed by atoms with E-state index in [-0.39, 0.29) is 23.7 Å². The Morgan fingerprint density at radius 1 is 1.23 bits per heavy atom. The number of ether oxygens (including phenoxy) is 1. The average molecular weight is 426 g/mol. The van der Waals surface area contributed by atoms with Crippen molar-refractivity contribution >= 4 is 11.8 Å². The molecule has 2 aliphatic heterocycles. The lowest BCUT2D eigenvalue weighted by Crippen LogP contribution is -2.50. The molecule has 2 fully saturated rings. The third-order valence-corrected chi connectivity index (χ3v) is 6.39. The number of carbonyl (C=O) groups is 2. The Hall–Kier alpha value is -2.80. The number of hydrogen-bond acceptors (Lipinski definition) is 4. The summed E-state index contributed by atoms with van der Waals surface area (Å²) in [7, 11) is 0. The standard InChI is InChI=1S/C24H28FN3O3/c1-17(29)26-15-18-8-9-21(27-16-18)22-7-4-12-28(22)23(30)24(10-13-31-14-11-24)19-5-2-3-6-20(19)25/h2-3,5-6,8-9,16,22H,4,7,10-15H2,1H3,(H,26,29)/t22-/m0/s1. The molecule has 164 valence electrons. The summed E-state index contributed by atoms with van der Waals surface area (Å²) in [5.41, 5.74) is 1.29. The van der Waals surface area contributed by atoms with Gasteiger partial charge in [0.05, 0.1) is 17.2 Å². The van der Waals surface area contributed by atoms with Crippen LogP contribution in [-0.2, 0) is 26.3 Å². The molecule has 0 aliphatic carbocycles. The Bertz CT molecular complexity index is 941. The van der Waals surface area contributed by atoms with Crippen molar-refractivity contribution in [2.24, 2.45) is 0 Å². The van der Waals surface area contributed by atoms with Gasteiger partial charge in [-0.05, 0) is 43.4 Å². The van der Waals surface area contributed by atoms with Gasteiger partial charge in [-0.2, -0.15) is 0 Å². The van der Waals surface area contributed by atoms with Gasteiger partial charge in [0.25, 0.3) is 0 Å². The number of hydrogen-bond donors (Lipinski definition) is 1. The van der Waals surface area contributed by atoms with Gasteiger partial charge in [-0.25, -0.2) is 4.39 Å². The fraction of sp³-hybridized carbons (Fsp3) is 0.458. The van der Waals surface area contributed by atoms with Gasteiger partial charge in [0.2, 0.25) is 11.8 Å². The van der Waals surface area contributed by atoms with Gasteiger partial charge >= 0.3 is 0 Å². The summed E-state index contributed by atoms with van der Waals surface area (Å²) in [5.74, 6) is -0.465. The fourth-order valence-electron chi connectivity index (χ4n) is 4.72. The minimum absolute atomic E-state index is 0.0347. The molecule has 6 nitrogen and oxygen atoms in total. The Labute approximate surface area is 181 Å². The van der Waals surface area contributed by atoms with E-state index < -0.39 is 5.41 Å². The summed E-state index contributed by atoms with van der Waals surface area (Å²) in [6.07, 6.45) is 4.40. The maximum atomic E-state index is 14.8. The molecule has 1 aromatic heterocycles. The molecule has 0 radical (unpaired) electrons. The number of amides is 2. The Morgan fingerprint density at radius 3 is 2.68 bits per heavy atom. The van der Waals surface area contributed by atoms with Crippen LogP contribution in [0.3, 0.4) is 0 Å². The molecule has 7 heteroatoms. The van der Waals surface area contributed by atoms with Crippen molar-refractivity contribution < 1.29 is 18.7 Å². The molecule has 2 amide bonds. The van der Waals surface area contributed by atoms with Crippen LogP contribution in [0.4, 0.5) is 4.39 Å². The third-order valence-electron chi connectivity index (χ3n) is 6.39. The van der Waals surface area contributed by atoms with E-state index in [9.17, 15) is 14.0 Å². The number of carbonyl (C=O) groups excluding carboxylic acids is 2. The van der Waals surface area contributed by atoms with Crippen LogP contribution in [0.15, 0.2) is 42.6 Å². The molecular weight excluding hydrogens is 397 g/mol. The molecule has 0 bridgehead atoms. The average Bonchev–Trinajstić information content (AvgIpc) is 3.28. The van der Waals surface area contributed by atoms with Crippen molar-refractivity contribution in [2.75, 3.05) is 19.8 Å². The first-order valence-corrected chi connectivity index (χ1v) is 10.8. The number of pyridine rings is 1. The second-order valence-corrected chi connectivity index (χ2v) is 8.33. The van der Waals surface area contributed by atoms with Crippen LogP contribution in [0.2, 0.25) is 0 Å². The minimum atomic E-state index is -0.905. The lowest BCUT2D eigenvalue weighted by atomic mass is 9.72. The summed E-state index contributed by atoms with van der Waals surface area (Å²) in [6.45, 7) is 3.41. The SMILES string of the molecule is CC(=O)NCc1ccc([C@@H]2CCCN2C(=O)C2(c3ccccc3F)CCOCC2)nc1. The summed E-state index contributed by atoms with van der Waals surface area (Å²) < 4.78 is 20.3. The molecule has 31 heavy (non-hydrogen) atoms. The van der Waals surface area contributed by atoms with E-state index >= 15 is 0 Å². The van der Waals surface area contributed by atoms with E-state index in [4.69, 9.17) is 4.74 Å². The predicted octanol–water partition coefficient (Wildman–Crippen LogP) is 3.27. The van der Waals surface area contributed by atoms with Gasteiger partial charge in [0.15, 0.2) is 0 Å². The molecule has 1 aromatic carbocycles. The van der Waals surface area contributed by atoms with E-state index in [1.807, 2.05) is 17.0 Å². The van der Waals surface area contributed by atoms with Crippen LogP contribution < -0.4 is 5.32 Å². The fourth-order valence-corrected chi connectivity index (χ4v) is 4.72. The first-order valence-electron chi connectivity index (χ1n) is 10.8. The van der Waals surface area contributed by atoms with Crippen LogP contribution in [0.5, 0.6) is 0 Å². The van der Waals surface area contributed by atoms with Crippen LogP contribution in [0, 0.1) is 5.82 Å². The van der Waals surface area contributed by atoms with E-state index in [0.717, 1.165) is 24.1 Å². The highest BCUT2D eigenvalue weighted by Gasteiger charge is 2.48. The number of nitrogens with zero attached hydrogens (tertiary/aromatic N) is 2. The van der Waals surface area contributed by atoms with Gasteiger partial charge in [0, 0.05) is 45.0 Å². The lowest BCUT2D eigenvalue weighted by molar-refractivity contribution is -0.142. The molecule has 1 atom stereocenters.